The van der Waals surface area contributed by atoms with Gasteiger partial charge in [-0.3, -0.25) is 4.98 Å². The molecule has 0 amide bonds. The molecule has 1 N–H and O–H groups in total. The van der Waals surface area contributed by atoms with Crippen molar-refractivity contribution in [3.8, 4) is 0 Å². The average molecular weight is 258 g/mol. The first kappa shape index (κ1) is 11.7. The van der Waals surface area contributed by atoms with Crippen LogP contribution >= 0.6 is 15.9 Å². The second-order valence-electron chi connectivity index (χ2n) is 3.95. The highest BCUT2D eigenvalue weighted by Crippen LogP contribution is 2.26. The summed E-state index contributed by atoms with van der Waals surface area (Å²) in [5.41, 5.74) is 0.745. The lowest BCUT2D eigenvalue weighted by Crippen LogP contribution is -2.15. The van der Waals surface area contributed by atoms with Gasteiger partial charge in [-0.1, -0.05) is 20.8 Å². The van der Waals surface area contributed by atoms with Gasteiger partial charge in [0, 0.05) is 10.7 Å². The van der Waals surface area contributed by atoms with Crippen molar-refractivity contribution in [2.75, 3.05) is 0 Å². The zero-order valence-corrected chi connectivity index (χ0v) is 10.3. The normalized spacial score (nSPS) is 15.6. The highest BCUT2D eigenvalue weighted by molar-refractivity contribution is 9.10. The van der Waals surface area contributed by atoms with Crippen molar-refractivity contribution < 1.29 is 5.11 Å². The Kier molecular flexibility index (Phi) is 4.08. The van der Waals surface area contributed by atoms with Crippen molar-refractivity contribution >= 4 is 15.9 Å². The molecule has 1 rings (SSSR count). The van der Waals surface area contributed by atoms with Crippen LogP contribution in [0.4, 0.5) is 0 Å². The van der Waals surface area contributed by atoms with Gasteiger partial charge in [0.1, 0.15) is 0 Å². The lowest BCUT2D eigenvalue weighted by Gasteiger charge is -2.21. The number of hydrogen-bond acceptors (Lipinski definition) is 2. The van der Waals surface area contributed by atoms with E-state index in [4.69, 9.17) is 0 Å². The van der Waals surface area contributed by atoms with Gasteiger partial charge in [0.05, 0.1) is 11.8 Å². The van der Waals surface area contributed by atoms with Crippen LogP contribution < -0.4 is 0 Å². The Morgan fingerprint density at radius 3 is 2.36 bits per heavy atom. The lowest BCUT2D eigenvalue weighted by atomic mass is 9.90. The third kappa shape index (κ3) is 2.79. The first-order chi connectivity index (χ1) is 6.52. The number of nitrogens with zero attached hydrogens (tertiary/aromatic N) is 1. The SMILES string of the molecule is CC(C)C(C)C(O)c1ccc(Br)cn1. The molecule has 0 aliphatic heterocycles. The van der Waals surface area contributed by atoms with Crippen molar-refractivity contribution in [2.45, 2.75) is 26.9 Å². The fourth-order valence-corrected chi connectivity index (χ4v) is 1.43. The number of aliphatic hydroxyl groups is 1. The Hall–Kier alpha value is -0.410. The molecule has 0 aromatic carbocycles. The molecule has 1 aromatic rings. The first-order valence-corrected chi connectivity index (χ1v) is 5.61. The fraction of sp³-hybridized carbons (Fsp3) is 0.545. The quantitative estimate of drug-likeness (QED) is 0.903. The van der Waals surface area contributed by atoms with Crippen molar-refractivity contribution in [1.29, 1.82) is 0 Å². The van der Waals surface area contributed by atoms with Gasteiger partial charge in [0.25, 0.3) is 0 Å². The van der Waals surface area contributed by atoms with Crippen LogP contribution in [0.5, 0.6) is 0 Å². The average Bonchev–Trinajstić information content (AvgIpc) is 2.16. The maximum absolute atomic E-state index is 9.97. The molecule has 2 nitrogen and oxygen atoms in total. The zero-order chi connectivity index (χ0) is 10.7. The van der Waals surface area contributed by atoms with Gasteiger partial charge < -0.3 is 5.11 Å². The lowest BCUT2D eigenvalue weighted by molar-refractivity contribution is 0.0882. The van der Waals surface area contributed by atoms with Crippen molar-refractivity contribution in [3.63, 3.8) is 0 Å². The number of aliphatic hydroxyl groups excluding tert-OH is 1. The van der Waals surface area contributed by atoms with E-state index < -0.39 is 6.10 Å². The predicted molar refractivity (Wildman–Crippen MR) is 60.9 cm³/mol. The summed E-state index contributed by atoms with van der Waals surface area (Å²) in [6.07, 6.45) is 1.24. The van der Waals surface area contributed by atoms with Crippen LogP contribution in [0.15, 0.2) is 22.8 Å². The summed E-state index contributed by atoms with van der Waals surface area (Å²) < 4.78 is 0.936. The summed E-state index contributed by atoms with van der Waals surface area (Å²) in [6, 6.07) is 3.76. The van der Waals surface area contributed by atoms with Gasteiger partial charge >= 0.3 is 0 Å². The molecule has 0 saturated heterocycles. The van der Waals surface area contributed by atoms with E-state index in [0.29, 0.717) is 5.92 Å². The summed E-state index contributed by atoms with van der Waals surface area (Å²) in [6.45, 7) is 6.25. The van der Waals surface area contributed by atoms with E-state index >= 15 is 0 Å². The van der Waals surface area contributed by atoms with Gasteiger partial charge in [0.15, 0.2) is 0 Å². The van der Waals surface area contributed by atoms with Crippen molar-refractivity contribution in [2.24, 2.45) is 11.8 Å². The summed E-state index contributed by atoms with van der Waals surface area (Å²) >= 11 is 3.32. The topological polar surface area (TPSA) is 33.1 Å². The molecule has 1 heterocycles. The van der Waals surface area contributed by atoms with Gasteiger partial charge in [-0.15, -0.1) is 0 Å². The maximum atomic E-state index is 9.97. The molecule has 0 aliphatic rings. The van der Waals surface area contributed by atoms with E-state index in [1.807, 2.05) is 19.1 Å². The minimum absolute atomic E-state index is 0.226. The van der Waals surface area contributed by atoms with E-state index in [-0.39, 0.29) is 5.92 Å². The Morgan fingerprint density at radius 2 is 1.93 bits per heavy atom. The molecule has 0 saturated carbocycles. The highest BCUT2D eigenvalue weighted by Gasteiger charge is 2.20. The largest absolute Gasteiger partial charge is 0.387 e. The van der Waals surface area contributed by atoms with Crippen LogP contribution in [0.2, 0.25) is 0 Å². The fourth-order valence-electron chi connectivity index (χ4n) is 1.20. The Labute approximate surface area is 93.5 Å². The molecule has 0 fully saturated rings. The Morgan fingerprint density at radius 1 is 1.29 bits per heavy atom. The second-order valence-corrected chi connectivity index (χ2v) is 4.86. The molecule has 0 aliphatic carbocycles. The van der Waals surface area contributed by atoms with Gasteiger partial charge in [0.2, 0.25) is 0 Å². The molecule has 0 bridgehead atoms. The van der Waals surface area contributed by atoms with Crippen LogP contribution in [0.1, 0.15) is 32.6 Å². The summed E-state index contributed by atoms with van der Waals surface area (Å²) in [5, 5.41) is 9.97. The molecule has 1 aromatic heterocycles. The summed E-state index contributed by atoms with van der Waals surface area (Å²) in [5.74, 6) is 0.680. The molecular formula is C11H16BrNO. The van der Waals surface area contributed by atoms with E-state index in [0.717, 1.165) is 10.2 Å². The van der Waals surface area contributed by atoms with Gasteiger partial charge in [-0.25, -0.2) is 0 Å². The molecule has 2 atom stereocenters. The minimum Gasteiger partial charge on any atom is -0.387 e. The Balaban J connectivity index is 2.78. The number of hydrogen-bond donors (Lipinski definition) is 1. The van der Waals surface area contributed by atoms with Crippen LogP contribution in [-0.4, -0.2) is 10.1 Å². The zero-order valence-electron chi connectivity index (χ0n) is 8.74. The predicted octanol–water partition coefficient (Wildman–Crippen LogP) is 3.17. The molecule has 0 radical (unpaired) electrons. The van der Waals surface area contributed by atoms with E-state index in [1.165, 1.54) is 0 Å². The van der Waals surface area contributed by atoms with Gasteiger partial charge in [-0.05, 0) is 39.9 Å². The standard InChI is InChI=1S/C11H16BrNO/c1-7(2)8(3)11(14)10-5-4-9(12)6-13-10/h4-8,11,14H,1-3H3. The highest BCUT2D eigenvalue weighted by atomic mass is 79.9. The summed E-state index contributed by atoms with van der Waals surface area (Å²) in [7, 11) is 0. The summed E-state index contributed by atoms with van der Waals surface area (Å²) in [4.78, 5) is 4.18. The van der Waals surface area contributed by atoms with E-state index in [1.54, 1.807) is 6.20 Å². The van der Waals surface area contributed by atoms with Crippen LogP contribution in [0, 0.1) is 11.8 Å². The molecule has 78 valence electrons. The maximum Gasteiger partial charge on any atom is 0.0987 e. The first-order valence-electron chi connectivity index (χ1n) is 4.82. The number of pyridine rings is 1. The molecule has 14 heavy (non-hydrogen) atoms. The molecule has 0 spiro atoms. The van der Waals surface area contributed by atoms with Crippen molar-refractivity contribution in [1.82, 2.24) is 4.98 Å². The monoisotopic (exact) mass is 257 g/mol. The number of halogens is 1. The third-order valence-corrected chi connectivity index (χ3v) is 3.07. The molecular weight excluding hydrogens is 242 g/mol. The van der Waals surface area contributed by atoms with E-state index in [9.17, 15) is 5.11 Å². The molecule has 3 heteroatoms. The third-order valence-electron chi connectivity index (χ3n) is 2.60. The second kappa shape index (κ2) is 4.89. The number of aromatic nitrogens is 1. The Bertz CT molecular complexity index is 284. The number of rotatable bonds is 3. The van der Waals surface area contributed by atoms with Crippen LogP contribution in [-0.2, 0) is 0 Å². The smallest absolute Gasteiger partial charge is 0.0987 e. The van der Waals surface area contributed by atoms with E-state index in [2.05, 4.69) is 34.8 Å². The van der Waals surface area contributed by atoms with Gasteiger partial charge in [-0.2, -0.15) is 0 Å². The van der Waals surface area contributed by atoms with Crippen LogP contribution in [0.25, 0.3) is 0 Å². The van der Waals surface area contributed by atoms with Crippen molar-refractivity contribution in [3.05, 3.63) is 28.5 Å². The minimum atomic E-state index is -0.469. The molecule has 2 unspecified atom stereocenters. The van der Waals surface area contributed by atoms with Crippen LogP contribution in [0.3, 0.4) is 0 Å².